The lowest BCUT2D eigenvalue weighted by atomic mass is 10.2. The Bertz CT molecular complexity index is 584. The molecule has 22 heavy (non-hydrogen) atoms. The van der Waals surface area contributed by atoms with Crippen molar-refractivity contribution in [3.05, 3.63) is 29.8 Å². The maximum atomic E-state index is 11.8. The second-order valence-electron chi connectivity index (χ2n) is 4.35. The first-order chi connectivity index (χ1) is 10.4. The van der Waals surface area contributed by atoms with Gasteiger partial charge in [0.1, 0.15) is 0 Å². The van der Waals surface area contributed by atoms with E-state index in [0.29, 0.717) is 23.6 Å². The number of hydrogen-bond acceptors (Lipinski definition) is 5. The van der Waals surface area contributed by atoms with E-state index >= 15 is 0 Å². The molecule has 0 spiro atoms. The Balaban J connectivity index is 2.56. The molecule has 0 aromatic heterocycles. The minimum atomic E-state index is -0.396. The Hall–Kier alpha value is -2.48. The quantitative estimate of drug-likeness (QED) is 0.316. The summed E-state index contributed by atoms with van der Waals surface area (Å²) in [6.07, 6.45) is 0.0925. The number of amides is 1. The molecule has 0 aliphatic carbocycles. The minimum absolute atomic E-state index is 0.0364. The van der Waals surface area contributed by atoms with Crippen molar-refractivity contribution >= 4 is 40.6 Å². The third-order valence-corrected chi connectivity index (χ3v) is 2.54. The fraction of sp³-hybridized carbons (Fsp3) is 0.286. The van der Waals surface area contributed by atoms with E-state index in [9.17, 15) is 9.59 Å². The first-order valence-electron chi connectivity index (χ1n) is 6.58. The van der Waals surface area contributed by atoms with Crippen LogP contribution < -0.4 is 16.5 Å². The van der Waals surface area contributed by atoms with Crippen LogP contribution in [0.4, 0.5) is 5.69 Å². The van der Waals surface area contributed by atoms with E-state index in [1.54, 1.807) is 38.1 Å². The van der Waals surface area contributed by atoms with Crippen molar-refractivity contribution in [3.8, 4) is 0 Å². The largest absolute Gasteiger partial charge is 0.462 e. The highest BCUT2D eigenvalue weighted by atomic mass is 32.1. The van der Waals surface area contributed by atoms with Gasteiger partial charge in [0.05, 0.1) is 18.6 Å². The first-order valence-corrected chi connectivity index (χ1v) is 6.98. The van der Waals surface area contributed by atoms with Gasteiger partial charge in [-0.1, -0.05) is 0 Å². The molecule has 0 atom stereocenters. The Morgan fingerprint density at radius 3 is 2.50 bits per heavy atom. The molecule has 1 aromatic rings. The number of benzene rings is 1. The predicted molar refractivity (Wildman–Crippen MR) is 88.7 cm³/mol. The number of carbonyl (C=O) groups is 2. The first kappa shape index (κ1) is 17.6. The molecule has 0 bridgehead atoms. The van der Waals surface area contributed by atoms with Gasteiger partial charge < -0.3 is 15.8 Å². The third-order valence-electron chi connectivity index (χ3n) is 2.45. The number of carbonyl (C=O) groups excluding carboxylic acids is 2. The normalized spacial score (nSPS) is 10.7. The van der Waals surface area contributed by atoms with Crippen LogP contribution in [0.5, 0.6) is 0 Å². The molecule has 118 valence electrons. The Labute approximate surface area is 133 Å². The molecular formula is C14H18N4O3S. The molecule has 0 unspecified atom stereocenters. The lowest BCUT2D eigenvalue weighted by Gasteiger charge is -2.06. The zero-order valence-corrected chi connectivity index (χ0v) is 13.2. The molecule has 0 heterocycles. The van der Waals surface area contributed by atoms with Crippen LogP contribution in [0.1, 0.15) is 30.6 Å². The second-order valence-corrected chi connectivity index (χ2v) is 4.79. The third kappa shape index (κ3) is 6.31. The lowest BCUT2D eigenvalue weighted by molar-refractivity contribution is -0.115. The fourth-order valence-electron chi connectivity index (χ4n) is 1.53. The van der Waals surface area contributed by atoms with E-state index in [-0.39, 0.29) is 17.4 Å². The maximum absolute atomic E-state index is 11.8. The topological polar surface area (TPSA) is 106 Å². The zero-order chi connectivity index (χ0) is 16.5. The van der Waals surface area contributed by atoms with Gasteiger partial charge in [0, 0.05) is 11.4 Å². The second kappa shape index (κ2) is 8.73. The van der Waals surface area contributed by atoms with Crippen LogP contribution in [0.3, 0.4) is 0 Å². The number of thiocarbonyl (C=S) groups is 1. The van der Waals surface area contributed by atoms with Crippen molar-refractivity contribution in [2.75, 3.05) is 11.9 Å². The average Bonchev–Trinajstić information content (AvgIpc) is 2.46. The van der Waals surface area contributed by atoms with E-state index in [1.165, 1.54) is 0 Å². The summed E-state index contributed by atoms with van der Waals surface area (Å²) < 4.78 is 4.88. The molecule has 1 amide bonds. The van der Waals surface area contributed by atoms with E-state index < -0.39 is 5.97 Å². The number of hydrogen-bond donors (Lipinski definition) is 3. The summed E-state index contributed by atoms with van der Waals surface area (Å²) in [4.78, 5) is 23.3. The molecular weight excluding hydrogens is 304 g/mol. The number of nitrogens with zero attached hydrogens (tertiary/aromatic N) is 1. The van der Waals surface area contributed by atoms with Gasteiger partial charge in [-0.05, 0) is 50.3 Å². The van der Waals surface area contributed by atoms with Gasteiger partial charge >= 0.3 is 5.97 Å². The number of ether oxygens (including phenoxy) is 1. The van der Waals surface area contributed by atoms with E-state index in [0.717, 1.165) is 0 Å². The van der Waals surface area contributed by atoms with Gasteiger partial charge in [-0.2, -0.15) is 5.10 Å². The maximum Gasteiger partial charge on any atom is 0.338 e. The van der Waals surface area contributed by atoms with Crippen molar-refractivity contribution in [1.82, 2.24) is 5.43 Å². The Morgan fingerprint density at radius 2 is 1.95 bits per heavy atom. The lowest BCUT2D eigenvalue weighted by Crippen LogP contribution is -2.26. The Morgan fingerprint density at radius 1 is 1.32 bits per heavy atom. The SMILES string of the molecule is CCOC(=O)c1ccc(NC(=O)CC(C)=NNC(N)=S)cc1. The highest BCUT2D eigenvalue weighted by molar-refractivity contribution is 7.80. The smallest absolute Gasteiger partial charge is 0.338 e. The van der Waals surface area contributed by atoms with Crippen LogP contribution in [0, 0.1) is 0 Å². The number of nitrogens with one attached hydrogen (secondary N) is 2. The number of nitrogens with two attached hydrogens (primary N) is 1. The average molecular weight is 322 g/mol. The van der Waals surface area contributed by atoms with Gasteiger partial charge in [-0.25, -0.2) is 4.79 Å². The van der Waals surface area contributed by atoms with Crippen LogP contribution in [0.25, 0.3) is 0 Å². The summed E-state index contributed by atoms with van der Waals surface area (Å²) >= 11 is 4.61. The highest BCUT2D eigenvalue weighted by Crippen LogP contribution is 2.11. The summed E-state index contributed by atoms with van der Waals surface area (Å²) in [5.74, 6) is -0.637. The van der Waals surface area contributed by atoms with Crippen LogP contribution in [0.2, 0.25) is 0 Å². The molecule has 0 aliphatic heterocycles. The number of rotatable bonds is 6. The zero-order valence-electron chi connectivity index (χ0n) is 12.4. The van der Waals surface area contributed by atoms with Crippen LogP contribution >= 0.6 is 12.2 Å². The summed E-state index contributed by atoms with van der Waals surface area (Å²) in [5, 5.41) is 6.57. The van der Waals surface area contributed by atoms with Crippen LogP contribution in [-0.2, 0) is 9.53 Å². The van der Waals surface area contributed by atoms with Crippen LogP contribution in [-0.4, -0.2) is 29.3 Å². The van der Waals surface area contributed by atoms with Gasteiger partial charge in [-0.3, -0.25) is 10.2 Å². The van der Waals surface area contributed by atoms with Gasteiger partial charge in [0.25, 0.3) is 0 Å². The minimum Gasteiger partial charge on any atom is -0.462 e. The van der Waals surface area contributed by atoms with E-state index in [2.05, 4.69) is 28.1 Å². The fourth-order valence-corrected chi connectivity index (χ4v) is 1.58. The number of anilines is 1. The van der Waals surface area contributed by atoms with E-state index in [4.69, 9.17) is 10.5 Å². The van der Waals surface area contributed by atoms with Crippen molar-refractivity contribution in [3.63, 3.8) is 0 Å². The van der Waals surface area contributed by atoms with Crippen molar-refractivity contribution < 1.29 is 14.3 Å². The summed E-state index contributed by atoms with van der Waals surface area (Å²) in [7, 11) is 0. The number of esters is 1. The standard InChI is InChI=1S/C14H18N4O3S/c1-3-21-13(20)10-4-6-11(7-5-10)16-12(19)8-9(2)17-18-14(15)22/h4-7H,3,8H2,1-2H3,(H,16,19)(H3,15,18,22). The van der Waals surface area contributed by atoms with Gasteiger partial charge in [-0.15, -0.1) is 0 Å². The molecule has 4 N–H and O–H groups in total. The molecule has 8 heteroatoms. The monoisotopic (exact) mass is 322 g/mol. The molecule has 1 aromatic carbocycles. The molecule has 0 radical (unpaired) electrons. The summed E-state index contributed by atoms with van der Waals surface area (Å²) in [6.45, 7) is 3.73. The molecule has 0 aliphatic rings. The van der Waals surface area contributed by atoms with Crippen molar-refractivity contribution in [2.24, 2.45) is 10.8 Å². The highest BCUT2D eigenvalue weighted by Gasteiger charge is 2.08. The van der Waals surface area contributed by atoms with Gasteiger partial charge in [0.2, 0.25) is 5.91 Å². The molecule has 1 rings (SSSR count). The Kier molecular flexibility index (Phi) is 6.97. The molecule has 0 fully saturated rings. The summed E-state index contributed by atoms with van der Waals surface area (Å²) in [6, 6.07) is 6.43. The molecule has 0 saturated heterocycles. The van der Waals surface area contributed by atoms with E-state index in [1.807, 2.05) is 0 Å². The molecule has 7 nitrogen and oxygen atoms in total. The molecule has 0 saturated carbocycles. The van der Waals surface area contributed by atoms with Crippen molar-refractivity contribution in [2.45, 2.75) is 20.3 Å². The summed E-state index contributed by atoms with van der Waals surface area (Å²) in [5.41, 5.74) is 9.18. The number of hydrazone groups is 1. The van der Waals surface area contributed by atoms with Crippen molar-refractivity contribution in [1.29, 1.82) is 0 Å². The van der Waals surface area contributed by atoms with Crippen LogP contribution in [0.15, 0.2) is 29.4 Å². The van der Waals surface area contributed by atoms with Gasteiger partial charge in [0.15, 0.2) is 5.11 Å². The predicted octanol–water partition coefficient (Wildman–Crippen LogP) is 1.40.